The third kappa shape index (κ3) is 3.20. The number of urea groups is 1. The van der Waals surface area contributed by atoms with E-state index in [1.807, 2.05) is 17.0 Å². The zero-order valence-electron chi connectivity index (χ0n) is 13.6. The van der Waals surface area contributed by atoms with Gasteiger partial charge in [0.05, 0.1) is 5.69 Å². The quantitative estimate of drug-likeness (QED) is 0.894. The van der Waals surface area contributed by atoms with E-state index in [2.05, 4.69) is 10.6 Å². The van der Waals surface area contributed by atoms with E-state index in [9.17, 15) is 14.0 Å². The van der Waals surface area contributed by atoms with Crippen molar-refractivity contribution in [2.45, 2.75) is 19.3 Å². The Bertz CT molecular complexity index is 848. The lowest BCUT2D eigenvalue weighted by Gasteiger charge is -2.18. The van der Waals surface area contributed by atoms with Crippen LogP contribution in [0.4, 0.5) is 26.2 Å². The van der Waals surface area contributed by atoms with Gasteiger partial charge in [-0.3, -0.25) is 4.79 Å². The van der Waals surface area contributed by atoms with Crippen molar-refractivity contribution in [3.8, 4) is 0 Å². The summed E-state index contributed by atoms with van der Waals surface area (Å²) in [5.41, 5.74) is 2.66. The summed E-state index contributed by atoms with van der Waals surface area (Å²) >= 11 is 0. The third-order valence-corrected chi connectivity index (χ3v) is 4.55. The summed E-state index contributed by atoms with van der Waals surface area (Å²) in [6, 6.07) is 11.0. The smallest absolute Gasteiger partial charge is 0.312 e. The molecule has 4 rings (SSSR count). The van der Waals surface area contributed by atoms with Gasteiger partial charge in [-0.1, -0.05) is 18.2 Å². The van der Waals surface area contributed by atoms with E-state index in [1.165, 1.54) is 12.1 Å². The molecule has 2 N–H and O–H groups in total. The van der Waals surface area contributed by atoms with Gasteiger partial charge in [-0.25, -0.2) is 9.18 Å². The maximum absolute atomic E-state index is 13.6. The monoisotopic (exact) mass is 339 g/mol. The van der Waals surface area contributed by atoms with Crippen LogP contribution < -0.4 is 15.5 Å². The van der Waals surface area contributed by atoms with Gasteiger partial charge in [0.15, 0.2) is 0 Å². The molecule has 25 heavy (non-hydrogen) atoms. The van der Waals surface area contributed by atoms with Crippen molar-refractivity contribution in [3.05, 3.63) is 53.8 Å². The van der Waals surface area contributed by atoms with E-state index in [0.717, 1.165) is 30.5 Å². The molecule has 1 heterocycles. The van der Waals surface area contributed by atoms with Crippen LogP contribution in [0.2, 0.25) is 0 Å². The van der Waals surface area contributed by atoms with Crippen LogP contribution in [0.1, 0.15) is 18.4 Å². The van der Waals surface area contributed by atoms with E-state index in [1.54, 1.807) is 18.2 Å². The molecular formula is C19H18FN3O2. The summed E-state index contributed by atoms with van der Waals surface area (Å²) in [6.45, 7) is 0.690. The van der Waals surface area contributed by atoms with Gasteiger partial charge in [-0.15, -0.1) is 0 Å². The largest absolute Gasteiger partial charge is 0.323 e. The molecule has 5 nitrogen and oxygen atoms in total. The maximum atomic E-state index is 13.6. The number of rotatable bonds is 3. The van der Waals surface area contributed by atoms with Gasteiger partial charge in [-0.05, 0) is 49.1 Å². The summed E-state index contributed by atoms with van der Waals surface area (Å²) in [4.78, 5) is 26.3. The number of para-hydroxylation sites is 1. The van der Waals surface area contributed by atoms with Crippen molar-refractivity contribution >= 4 is 29.0 Å². The second-order valence-electron chi connectivity index (χ2n) is 6.42. The first-order chi connectivity index (χ1) is 12.1. The first-order valence-electron chi connectivity index (χ1n) is 8.38. The number of fused-ring (bicyclic) bond motifs is 1. The molecule has 0 atom stereocenters. The number of amides is 3. The standard InChI is InChI=1S/C19H18FN3O2/c20-15-3-1-2-4-16(15)22-19(25)21-14-8-7-12-9-10-23(17(12)11-14)18(24)13-5-6-13/h1-4,7-8,11,13H,5-6,9-10H2,(H2,21,22,25). The SMILES string of the molecule is O=C(Nc1ccc2c(c1)N(C(=O)C1CC1)CC2)Nc1ccccc1F. The molecule has 2 aromatic rings. The van der Waals surface area contributed by atoms with Gasteiger partial charge in [0.25, 0.3) is 0 Å². The Hall–Kier alpha value is -2.89. The molecule has 128 valence electrons. The van der Waals surface area contributed by atoms with Crippen molar-refractivity contribution in [1.82, 2.24) is 0 Å². The first-order valence-corrected chi connectivity index (χ1v) is 8.38. The van der Waals surface area contributed by atoms with Crippen molar-refractivity contribution in [2.75, 3.05) is 22.1 Å². The second-order valence-corrected chi connectivity index (χ2v) is 6.42. The molecule has 3 amide bonds. The summed E-state index contributed by atoms with van der Waals surface area (Å²) < 4.78 is 13.6. The highest BCUT2D eigenvalue weighted by atomic mass is 19.1. The molecule has 2 aromatic carbocycles. The molecule has 0 bridgehead atoms. The van der Waals surface area contributed by atoms with Crippen LogP contribution in [0.5, 0.6) is 0 Å². The Balaban J connectivity index is 1.48. The average Bonchev–Trinajstić information content (AvgIpc) is 3.36. The van der Waals surface area contributed by atoms with Gasteiger partial charge < -0.3 is 15.5 Å². The summed E-state index contributed by atoms with van der Waals surface area (Å²) in [7, 11) is 0. The molecule has 2 aliphatic rings. The van der Waals surface area contributed by atoms with Crippen LogP contribution >= 0.6 is 0 Å². The predicted octanol–water partition coefficient (Wildman–Crippen LogP) is 3.77. The first kappa shape index (κ1) is 15.6. The number of nitrogens with zero attached hydrogens (tertiary/aromatic N) is 1. The minimum absolute atomic E-state index is 0.117. The maximum Gasteiger partial charge on any atom is 0.323 e. The summed E-state index contributed by atoms with van der Waals surface area (Å²) in [6.07, 6.45) is 2.76. The van der Waals surface area contributed by atoms with Crippen LogP contribution in [0.15, 0.2) is 42.5 Å². The van der Waals surface area contributed by atoms with Crippen LogP contribution in [-0.4, -0.2) is 18.5 Å². The highest BCUT2D eigenvalue weighted by Crippen LogP contribution is 2.37. The van der Waals surface area contributed by atoms with Gasteiger partial charge in [0.1, 0.15) is 5.82 Å². The second kappa shape index (κ2) is 6.20. The number of nitrogens with one attached hydrogen (secondary N) is 2. The van der Waals surface area contributed by atoms with Crippen LogP contribution in [0.3, 0.4) is 0 Å². The molecule has 6 heteroatoms. The Morgan fingerprint density at radius 3 is 2.64 bits per heavy atom. The fourth-order valence-corrected chi connectivity index (χ4v) is 3.08. The fourth-order valence-electron chi connectivity index (χ4n) is 3.08. The minimum atomic E-state index is -0.525. The Kier molecular flexibility index (Phi) is 3.87. The number of halogens is 1. The molecule has 0 aromatic heterocycles. The molecule has 0 radical (unpaired) electrons. The lowest BCUT2D eigenvalue weighted by atomic mass is 10.1. The lowest BCUT2D eigenvalue weighted by Crippen LogP contribution is -2.30. The van der Waals surface area contributed by atoms with E-state index < -0.39 is 11.8 Å². The molecule has 1 aliphatic carbocycles. The zero-order chi connectivity index (χ0) is 17.4. The van der Waals surface area contributed by atoms with Gasteiger partial charge in [-0.2, -0.15) is 0 Å². The van der Waals surface area contributed by atoms with Gasteiger partial charge >= 0.3 is 6.03 Å². The summed E-state index contributed by atoms with van der Waals surface area (Å²) in [5, 5.41) is 5.18. The predicted molar refractivity (Wildman–Crippen MR) is 94.3 cm³/mol. The topological polar surface area (TPSA) is 61.4 Å². The molecular weight excluding hydrogens is 321 g/mol. The number of anilines is 3. The van der Waals surface area contributed by atoms with Crippen molar-refractivity contribution in [1.29, 1.82) is 0 Å². The van der Waals surface area contributed by atoms with Gasteiger partial charge in [0, 0.05) is 23.8 Å². The fraction of sp³-hybridized carbons (Fsp3) is 0.263. The highest BCUT2D eigenvalue weighted by molar-refractivity contribution is 6.02. The number of hydrogen-bond acceptors (Lipinski definition) is 2. The number of benzene rings is 2. The van der Waals surface area contributed by atoms with Crippen molar-refractivity contribution in [2.24, 2.45) is 5.92 Å². The highest BCUT2D eigenvalue weighted by Gasteiger charge is 2.36. The van der Waals surface area contributed by atoms with Gasteiger partial charge in [0.2, 0.25) is 5.91 Å². The minimum Gasteiger partial charge on any atom is -0.312 e. The van der Waals surface area contributed by atoms with Crippen molar-refractivity contribution in [3.63, 3.8) is 0 Å². The van der Waals surface area contributed by atoms with E-state index >= 15 is 0 Å². The summed E-state index contributed by atoms with van der Waals surface area (Å²) in [5.74, 6) is -0.161. The molecule has 0 saturated heterocycles. The Labute approximate surface area is 144 Å². The zero-order valence-corrected chi connectivity index (χ0v) is 13.6. The van der Waals surface area contributed by atoms with Crippen LogP contribution in [-0.2, 0) is 11.2 Å². The van der Waals surface area contributed by atoms with E-state index in [0.29, 0.717) is 12.2 Å². The Morgan fingerprint density at radius 1 is 1.08 bits per heavy atom. The lowest BCUT2D eigenvalue weighted by molar-refractivity contribution is -0.119. The van der Waals surface area contributed by atoms with Crippen LogP contribution in [0, 0.1) is 11.7 Å². The average molecular weight is 339 g/mol. The Morgan fingerprint density at radius 2 is 1.88 bits per heavy atom. The molecule has 1 fully saturated rings. The number of carbonyl (C=O) groups is 2. The van der Waals surface area contributed by atoms with Crippen LogP contribution in [0.25, 0.3) is 0 Å². The third-order valence-electron chi connectivity index (χ3n) is 4.55. The molecule has 0 unspecified atom stereocenters. The normalized spacial score (nSPS) is 15.6. The number of carbonyl (C=O) groups excluding carboxylic acids is 2. The number of hydrogen-bond donors (Lipinski definition) is 2. The molecule has 0 spiro atoms. The van der Waals surface area contributed by atoms with Crippen molar-refractivity contribution < 1.29 is 14.0 Å². The molecule has 1 saturated carbocycles. The molecule has 1 aliphatic heterocycles. The van der Waals surface area contributed by atoms with E-state index in [4.69, 9.17) is 0 Å². The van der Waals surface area contributed by atoms with E-state index in [-0.39, 0.29) is 17.5 Å².